The molecule has 0 aromatic heterocycles. The first-order valence-electron chi connectivity index (χ1n) is 4.73. The second-order valence-corrected chi connectivity index (χ2v) is 2.97. The molecule has 0 aliphatic carbocycles. The molecular weight excluding hydrogens is 200 g/mol. The number of hydrogen-bond donors (Lipinski definition) is 2. The molecule has 2 amide bonds. The summed E-state index contributed by atoms with van der Waals surface area (Å²) >= 11 is 0. The zero-order chi connectivity index (χ0) is 11.7. The van der Waals surface area contributed by atoms with E-state index in [2.05, 4.69) is 15.4 Å². The van der Waals surface area contributed by atoms with E-state index in [1.165, 1.54) is 6.92 Å². The molecule has 0 aromatic rings. The van der Waals surface area contributed by atoms with Crippen LogP contribution in [0.5, 0.6) is 0 Å². The molecule has 15 heavy (non-hydrogen) atoms. The van der Waals surface area contributed by atoms with E-state index in [1.807, 2.05) is 6.92 Å². The van der Waals surface area contributed by atoms with Crippen LogP contribution in [0, 0.1) is 0 Å². The Morgan fingerprint density at radius 2 is 1.80 bits per heavy atom. The first kappa shape index (κ1) is 13.4. The van der Waals surface area contributed by atoms with Crippen molar-refractivity contribution in [1.82, 2.24) is 10.6 Å². The van der Waals surface area contributed by atoms with Crippen LogP contribution in [0.15, 0.2) is 0 Å². The number of alkyl carbamates (subject to hydrolysis) is 1. The molecule has 0 unspecified atom stereocenters. The van der Waals surface area contributed by atoms with Gasteiger partial charge < -0.3 is 15.4 Å². The van der Waals surface area contributed by atoms with Crippen LogP contribution in [0.3, 0.4) is 0 Å². The number of amides is 2. The van der Waals surface area contributed by atoms with E-state index in [1.54, 1.807) is 0 Å². The molecule has 0 aliphatic heterocycles. The Balaban J connectivity index is 3.53. The number of carbonyl (C=O) groups excluding carboxylic acids is 3. The van der Waals surface area contributed by atoms with Crippen LogP contribution in [0.4, 0.5) is 4.79 Å². The summed E-state index contributed by atoms with van der Waals surface area (Å²) in [6, 6.07) is 0. The maximum absolute atomic E-state index is 11.0. The normalized spacial score (nSPS) is 9.20. The van der Waals surface area contributed by atoms with E-state index >= 15 is 0 Å². The second kappa shape index (κ2) is 7.78. The summed E-state index contributed by atoms with van der Waals surface area (Å²) in [6.07, 6.45) is 0.0964. The summed E-state index contributed by atoms with van der Waals surface area (Å²) < 4.78 is 4.67. The Morgan fingerprint density at radius 1 is 1.13 bits per heavy atom. The van der Waals surface area contributed by atoms with Crippen molar-refractivity contribution in [3.8, 4) is 0 Å². The third-order valence-electron chi connectivity index (χ3n) is 1.37. The van der Waals surface area contributed by atoms with Crippen molar-refractivity contribution in [2.75, 3.05) is 19.7 Å². The number of rotatable bonds is 6. The zero-order valence-electron chi connectivity index (χ0n) is 8.96. The summed E-state index contributed by atoms with van der Waals surface area (Å²) in [5, 5.41) is 4.59. The standard InChI is InChI=1S/C9H16N2O4/c1-3-4-15-9(14)11-6-8(13)10-5-7(2)12/h3-6H2,1-2H3,(H,10,13)(H,11,14). The van der Waals surface area contributed by atoms with Gasteiger partial charge in [-0.05, 0) is 13.3 Å². The minimum absolute atomic E-state index is 0.0233. The second-order valence-electron chi connectivity index (χ2n) is 2.97. The molecule has 6 heteroatoms. The van der Waals surface area contributed by atoms with Crippen LogP contribution < -0.4 is 10.6 Å². The number of hydrogen-bond acceptors (Lipinski definition) is 4. The van der Waals surface area contributed by atoms with Gasteiger partial charge in [-0.2, -0.15) is 0 Å². The monoisotopic (exact) mass is 216 g/mol. The highest BCUT2D eigenvalue weighted by Gasteiger charge is 2.05. The van der Waals surface area contributed by atoms with Crippen LogP contribution in [-0.4, -0.2) is 37.5 Å². The van der Waals surface area contributed by atoms with Crippen molar-refractivity contribution in [2.45, 2.75) is 20.3 Å². The van der Waals surface area contributed by atoms with Crippen LogP contribution in [0.1, 0.15) is 20.3 Å². The van der Waals surface area contributed by atoms with Gasteiger partial charge in [0.25, 0.3) is 0 Å². The molecule has 0 spiro atoms. The van der Waals surface area contributed by atoms with Gasteiger partial charge in [-0.3, -0.25) is 9.59 Å². The number of nitrogens with one attached hydrogen (secondary N) is 2. The van der Waals surface area contributed by atoms with Gasteiger partial charge >= 0.3 is 6.09 Å². The predicted octanol–water partition coefficient (Wildman–Crippen LogP) is -0.172. The average molecular weight is 216 g/mol. The molecule has 0 fully saturated rings. The minimum Gasteiger partial charge on any atom is -0.450 e. The molecular formula is C9H16N2O4. The van der Waals surface area contributed by atoms with Gasteiger partial charge in [-0.1, -0.05) is 6.92 Å². The maximum atomic E-state index is 11.0. The molecule has 0 saturated heterocycles. The number of ketones is 1. The molecule has 0 saturated carbocycles. The molecule has 0 aromatic carbocycles. The fraction of sp³-hybridized carbons (Fsp3) is 0.667. The van der Waals surface area contributed by atoms with Crippen molar-refractivity contribution < 1.29 is 19.1 Å². The maximum Gasteiger partial charge on any atom is 0.407 e. The Labute approximate surface area is 88.4 Å². The average Bonchev–Trinajstić information content (AvgIpc) is 2.20. The SMILES string of the molecule is CCCOC(=O)NCC(=O)NCC(C)=O. The molecule has 0 bridgehead atoms. The number of Topliss-reactive ketones (excluding diaryl/α,β-unsaturated/α-hetero) is 1. The van der Waals surface area contributed by atoms with Crippen molar-refractivity contribution >= 4 is 17.8 Å². The summed E-state index contributed by atoms with van der Waals surface area (Å²) in [5.41, 5.74) is 0. The zero-order valence-corrected chi connectivity index (χ0v) is 8.96. The van der Waals surface area contributed by atoms with Crippen LogP contribution in [0.2, 0.25) is 0 Å². The quantitative estimate of drug-likeness (QED) is 0.645. The molecule has 0 aliphatic rings. The van der Waals surface area contributed by atoms with E-state index in [0.717, 1.165) is 6.42 Å². The molecule has 0 radical (unpaired) electrons. The van der Waals surface area contributed by atoms with E-state index < -0.39 is 12.0 Å². The van der Waals surface area contributed by atoms with Crippen LogP contribution in [0.25, 0.3) is 0 Å². The van der Waals surface area contributed by atoms with E-state index in [4.69, 9.17) is 0 Å². The molecule has 6 nitrogen and oxygen atoms in total. The van der Waals surface area contributed by atoms with Crippen LogP contribution in [-0.2, 0) is 14.3 Å². The fourth-order valence-corrected chi connectivity index (χ4v) is 0.684. The van der Waals surface area contributed by atoms with Gasteiger partial charge in [0.2, 0.25) is 5.91 Å². The third kappa shape index (κ3) is 8.73. The highest BCUT2D eigenvalue weighted by atomic mass is 16.5. The van der Waals surface area contributed by atoms with Gasteiger partial charge in [0.15, 0.2) is 0 Å². The van der Waals surface area contributed by atoms with Crippen molar-refractivity contribution in [3.05, 3.63) is 0 Å². The number of ether oxygens (including phenoxy) is 1. The summed E-state index contributed by atoms with van der Waals surface area (Å²) in [5.74, 6) is -0.560. The first-order valence-corrected chi connectivity index (χ1v) is 4.73. The lowest BCUT2D eigenvalue weighted by Gasteiger charge is -2.05. The van der Waals surface area contributed by atoms with Crippen molar-refractivity contribution in [1.29, 1.82) is 0 Å². The fourth-order valence-electron chi connectivity index (χ4n) is 0.684. The lowest BCUT2D eigenvalue weighted by Crippen LogP contribution is -2.38. The largest absolute Gasteiger partial charge is 0.450 e. The highest BCUT2D eigenvalue weighted by molar-refractivity contribution is 5.86. The number of carbonyl (C=O) groups is 3. The van der Waals surface area contributed by atoms with Gasteiger partial charge in [0, 0.05) is 0 Å². The minimum atomic E-state index is -0.630. The highest BCUT2D eigenvalue weighted by Crippen LogP contribution is 1.81. The van der Waals surface area contributed by atoms with E-state index in [-0.39, 0.29) is 18.9 Å². The molecule has 86 valence electrons. The summed E-state index contributed by atoms with van der Waals surface area (Å²) in [6.45, 7) is 3.34. The topological polar surface area (TPSA) is 84.5 Å². The Hall–Kier alpha value is -1.59. The summed E-state index contributed by atoms with van der Waals surface area (Å²) in [4.78, 5) is 32.4. The van der Waals surface area contributed by atoms with Crippen LogP contribution >= 0.6 is 0 Å². The lowest BCUT2D eigenvalue weighted by atomic mass is 10.4. The van der Waals surface area contributed by atoms with Gasteiger partial charge in [0.1, 0.15) is 12.3 Å². The summed E-state index contributed by atoms with van der Waals surface area (Å²) in [7, 11) is 0. The van der Waals surface area contributed by atoms with E-state index in [9.17, 15) is 14.4 Å². The molecule has 0 atom stereocenters. The molecule has 2 N–H and O–H groups in total. The van der Waals surface area contributed by atoms with Gasteiger partial charge in [-0.25, -0.2) is 4.79 Å². The van der Waals surface area contributed by atoms with Gasteiger partial charge in [-0.15, -0.1) is 0 Å². The third-order valence-corrected chi connectivity index (χ3v) is 1.37. The van der Waals surface area contributed by atoms with Crippen molar-refractivity contribution in [2.24, 2.45) is 0 Å². The first-order chi connectivity index (χ1) is 7.06. The lowest BCUT2D eigenvalue weighted by molar-refractivity contribution is -0.123. The Bertz CT molecular complexity index is 240. The Morgan fingerprint density at radius 3 is 2.33 bits per heavy atom. The van der Waals surface area contributed by atoms with Gasteiger partial charge in [0.05, 0.1) is 13.2 Å². The van der Waals surface area contributed by atoms with Crippen molar-refractivity contribution in [3.63, 3.8) is 0 Å². The molecule has 0 rings (SSSR count). The Kier molecular flexibility index (Phi) is 6.96. The van der Waals surface area contributed by atoms with E-state index in [0.29, 0.717) is 6.61 Å². The molecule has 0 heterocycles. The smallest absolute Gasteiger partial charge is 0.407 e. The predicted molar refractivity (Wildman–Crippen MR) is 53.3 cm³/mol.